The Labute approximate surface area is 354 Å². The standard InChI is InChI=1S/C56H44N4O/c1-34-10-9-11-39(24-34)53-57-54(40-20-23-45-44-14-5-7-16-49(44)60(50(45)30-40)43-12-3-2-4-13-43)59-55(58-53)48-29-41(28-47-46-15-6-8-17-51(46)61-52(47)48)38-18-21-42(22-19-38)56-31-35-25-36(32-56)27-37(26-35)33-56/h2-24,28-30,35-37H,25-27,31-33H2,1H3. The average molecular weight is 789 g/mol. The molecule has 5 heteroatoms. The van der Waals surface area contributed by atoms with Crippen molar-refractivity contribution in [2.75, 3.05) is 0 Å². The number of nitrogens with zero attached hydrogens (tertiary/aromatic N) is 4. The number of fused-ring (bicyclic) bond motifs is 6. The van der Waals surface area contributed by atoms with E-state index >= 15 is 0 Å². The summed E-state index contributed by atoms with van der Waals surface area (Å²) in [7, 11) is 0. The summed E-state index contributed by atoms with van der Waals surface area (Å²) >= 11 is 0. The van der Waals surface area contributed by atoms with E-state index in [1.807, 2.05) is 6.07 Å². The van der Waals surface area contributed by atoms with E-state index < -0.39 is 0 Å². The molecule has 10 aromatic rings. The van der Waals surface area contributed by atoms with E-state index in [4.69, 9.17) is 19.4 Å². The Kier molecular flexibility index (Phi) is 7.64. The second-order valence-electron chi connectivity index (χ2n) is 18.4. The van der Waals surface area contributed by atoms with E-state index in [0.29, 0.717) is 22.9 Å². The van der Waals surface area contributed by atoms with E-state index in [2.05, 4.69) is 163 Å². The number of para-hydroxylation sites is 3. The smallest absolute Gasteiger partial charge is 0.167 e. The first-order valence-corrected chi connectivity index (χ1v) is 22.0. The molecule has 61 heavy (non-hydrogen) atoms. The molecule has 294 valence electrons. The van der Waals surface area contributed by atoms with Gasteiger partial charge in [-0.05, 0) is 134 Å². The highest BCUT2D eigenvalue weighted by atomic mass is 16.3. The van der Waals surface area contributed by atoms with Crippen molar-refractivity contribution in [1.82, 2.24) is 19.5 Å². The first-order valence-electron chi connectivity index (χ1n) is 22.0. The van der Waals surface area contributed by atoms with Crippen molar-refractivity contribution in [2.45, 2.75) is 50.9 Å². The zero-order chi connectivity index (χ0) is 40.2. The quantitative estimate of drug-likeness (QED) is 0.168. The van der Waals surface area contributed by atoms with Gasteiger partial charge in [0.15, 0.2) is 17.5 Å². The van der Waals surface area contributed by atoms with Crippen LogP contribution in [-0.2, 0) is 5.41 Å². The van der Waals surface area contributed by atoms with Gasteiger partial charge in [-0.2, -0.15) is 0 Å². The van der Waals surface area contributed by atoms with Gasteiger partial charge < -0.3 is 8.98 Å². The molecule has 5 nitrogen and oxygen atoms in total. The summed E-state index contributed by atoms with van der Waals surface area (Å²) in [6, 6.07) is 56.7. The Hall–Kier alpha value is -6.85. The summed E-state index contributed by atoms with van der Waals surface area (Å²) in [5.41, 5.74) is 13.1. The molecule has 4 fully saturated rings. The lowest BCUT2D eigenvalue weighted by molar-refractivity contribution is -0.00518. The average Bonchev–Trinajstić information content (AvgIpc) is 3.84. The molecule has 0 unspecified atom stereocenters. The molecule has 0 aliphatic heterocycles. The minimum absolute atomic E-state index is 0.356. The van der Waals surface area contributed by atoms with Crippen LogP contribution in [-0.4, -0.2) is 19.5 Å². The Bertz CT molecular complexity index is 3320. The van der Waals surface area contributed by atoms with Gasteiger partial charge in [-0.25, -0.2) is 15.0 Å². The van der Waals surface area contributed by atoms with Crippen molar-refractivity contribution in [1.29, 1.82) is 0 Å². The topological polar surface area (TPSA) is 56.7 Å². The fourth-order valence-electron chi connectivity index (χ4n) is 12.1. The summed E-state index contributed by atoms with van der Waals surface area (Å²) in [6.45, 7) is 2.11. The Morgan fingerprint density at radius 1 is 0.492 bits per heavy atom. The van der Waals surface area contributed by atoms with Crippen LogP contribution in [0.3, 0.4) is 0 Å². The zero-order valence-corrected chi connectivity index (χ0v) is 34.2. The van der Waals surface area contributed by atoms with Gasteiger partial charge in [0.05, 0.1) is 16.6 Å². The third-order valence-electron chi connectivity index (χ3n) is 14.4. The number of aryl methyl sites for hydroxylation is 1. The molecule has 4 saturated carbocycles. The maximum atomic E-state index is 6.75. The van der Waals surface area contributed by atoms with Crippen LogP contribution < -0.4 is 0 Å². The summed E-state index contributed by atoms with van der Waals surface area (Å²) in [5.74, 6) is 4.56. The minimum atomic E-state index is 0.356. The van der Waals surface area contributed by atoms with Gasteiger partial charge in [0.1, 0.15) is 11.2 Å². The van der Waals surface area contributed by atoms with Gasteiger partial charge in [0.2, 0.25) is 0 Å². The van der Waals surface area contributed by atoms with Crippen molar-refractivity contribution in [2.24, 2.45) is 17.8 Å². The second kappa shape index (κ2) is 13.3. The summed E-state index contributed by atoms with van der Waals surface area (Å²) in [5, 5.41) is 4.53. The Morgan fingerprint density at radius 3 is 1.89 bits per heavy atom. The van der Waals surface area contributed by atoms with E-state index in [9.17, 15) is 0 Å². The summed E-state index contributed by atoms with van der Waals surface area (Å²) in [6.07, 6.45) is 8.45. The molecule has 14 rings (SSSR count). The molecule has 4 bridgehead atoms. The SMILES string of the molecule is Cc1cccc(-c2nc(-c3ccc4c5ccccc5n(-c5ccccc5)c4c3)nc(-c3cc(-c4ccc(C56CC7CC(CC(C7)C5)C6)cc4)cc4c3oc3ccccc34)n2)c1. The van der Waals surface area contributed by atoms with Gasteiger partial charge in [0.25, 0.3) is 0 Å². The first kappa shape index (κ1) is 35.0. The van der Waals surface area contributed by atoms with Crippen LogP contribution in [0.15, 0.2) is 162 Å². The molecule has 3 aromatic heterocycles. The predicted octanol–water partition coefficient (Wildman–Crippen LogP) is 14.3. The molecule has 0 amide bonds. The molecule has 3 heterocycles. The van der Waals surface area contributed by atoms with Gasteiger partial charge in [-0.15, -0.1) is 0 Å². The fourth-order valence-corrected chi connectivity index (χ4v) is 12.1. The van der Waals surface area contributed by atoms with E-state index in [0.717, 1.165) is 84.2 Å². The Morgan fingerprint density at radius 2 is 1.13 bits per heavy atom. The van der Waals surface area contributed by atoms with Gasteiger partial charge in [0, 0.05) is 38.4 Å². The lowest BCUT2D eigenvalue weighted by Crippen LogP contribution is -2.48. The van der Waals surface area contributed by atoms with E-state index in [-0.39, 0.29) is 0 Å². The first-order chi connectivity index (χ1) is 30.0. The maximum Gasteiger partial charge on any atom is 0.167 e. The number of hydrogen-bond donors (Lipinski definition) is 0. The van der Waals surface area contributed by atoms with E-state index in [1.54, 1.807) is 5.56 Å². The van der Waals surface area contributed by atoms with Crippen LogP contribution >= 0.6 is 0 Å². The van der Waals surface area contributed by atoms with Gasteiger partial charge in [-0.1, -0.05) is 115 Å². The lowest BCUT2D eigenvalue weighted by Gasteiger charge is -2.57. The van der Waals surface area contributed by atoms with Crippen molar-refractivity contribution < 1.29 is 4.42 Å². The van der Waals surface area contributed by atoms with Gasteiger partial charge >= 0.3 is 0 Å². The van der Waals surface area contributed by atoms with Crippen molar-refractivity contribution in [3.63, 3.8) is 0 Å². The fraction of sp³-hybridized carbons (Fsp3) is 0.196. The zero-order valence-electron chi connectivity index (χ0n) is 34.2. The van der Waals surface area contributed by atoms with Gasteiger partial charge in [-0.3, -0.25) is 0 Å². The van der Waals surface area contributed by atoms with Crippen LogP contribution in [0, 0.1) is 24.7 Å². The third kappa shape index (κ3) is 5.63. The largest absolute Gasteiger partial charge is 0.455 e. The van der Waals surface area contributed by atoms with E-state index in [1.165, 1.54) is 54.9 Å². The van der Waals surface area contributed by atoms with Crippen molar-refractivity contribution in [3.05, 3.63) is 169 Å². The molecule has 0 radical (unpaired) electrons. The minimum Gasteiger partial charge on any atom is -0.455 e. The highest BCUT2D eigenvalue weighted by molar-refractivity contribution is 6.12. The molecular formula is C56H44N4O. The maximum absolute atomic E-state index is 6.75. The molecule has 4 aliphatic rings. The molecule has 0 atom stereocenters. The van der Waals surface area contributed by atoms with Crippen LogP contribution in [0.25, 0.3) is 94.7 Å². The highest BCUT2D eigenvalue weighted by Crippen LogP contribution is 2.61. The summed E-state index contributed by atoms with van der Waals surface area (Å²) in [4.78, 5) is 15.9. The third-order valence-corrected chi connectivity index (χ3v) is 14.4. The van der Waals surface area contributed by atoms with Crippen LogP contribution in [0.1, 0.15) is 49.7 Å². The second-order valence-corrected chi connectivity index (χ2v) is 18.4. The Balaban J connectivity index is 1.00. The molecular weight excluding hydrogens is 745 g/mol. The van der Waals surface area contributed by atoms with Crippen molar-refractivity contribution >= 4 is 43.7 Å². The lowest BCUT2D eigenvalue weighted by atomic mass is 9.48. The molecule has 0 spiro atoms. The number of hydrogen-bond acceptors (Lipinski definition) is 4. The van der Waals surface area contributed by atoms with Crippen LogP contribution in [0.2, 0.25) is 0 Å². The normalized spacial score (nSPS) is 20.7. The number of rotatable bonds is 6. The molecule has 7 aromatic carbocycles. The summed E-state index contributed by atoms with van der Waals surface area (Å²) < 4.78 is 9.09. The number of furan rings is 1. The van der Waals surface area contributed by atoms with Crippen LogP contribution in [0.5, 0.6) is 0 Å². The number of aromatic nitrogens is 4. The molecule has 0 N–H and O–H groups in total. The highest BCUT2D eigenvalue weighted by Gasteiger charge is 2.51. The molecule has 0 saturated heterocycles. The number of benzene rings is 7. The molecule has 4 aliphatic carbocycles. The monoisotopic (exact) mass is 788 g/mol. The predicted molar refractivity (Wildman–Crippen MR) is 248 cm³/mol. The van der Waals surface area contributed by atoms with Crippen LogP contribution in [0.4, 0.5) is 0 Å². The van der Waals surface area contributed by atoms with Crippen molar-refractivity contribution in [3.8, 4) is 51.0 Å².